The van der Waals surface area contributed by atoms with Gasteiger partial charge in [-0.3, -0.25) is 9.69 Å². The van der Waals surface area contributed by atoms with E-state index in [4.69, 9.17) is 25.8 Å². The monoisotopic (exact) mass is 472 g/mol. The molecule has 0 atom stereocenters. The van der Waals surface area contributed by atoms with Crippen LogP contribution in [0.2, 0.25) is 5.02 Å². The Morgan fingerprint density at radius 3 is 2.59 bits per heavy atom. The number of hydrogen-bond donors (Lipinski definition) is 0. The zero-order chi connectivity index (χ0) is 23.3. The van der Waals surface area contributed by atoms with Crippen molar-refractivity contribution >= 4 is 52.2 Å². The molecule has 2 aromatic rings. The van der Waals surface area contributed by atoms with Crippen LogP contribution in [0.3, 0.4) is 0 Å². The molecule has 1 saturated heterocycles. The summed E-state index contributed by atoms with van der Waals surface area (Å²) in [6.07, 6.45) is 3.33. The lowest BCUT2D eigenvalue weighted by Crippen LogP contribution is -2.23. The lowest BCUT2D eigenvalue weighted by atomic mass is 10.2. The summed E-state index contributed by atoms with van der Waals surface area (Å²) >= 11 is 7.59. The van der Waals surface area contributed by atoms with Crippen molar-refractivity contribution in [3.63, 3.8) is 0 Å². The molecule has 0 saturated carbocycles. The minimum Gasteiger partial charge on any atom is -0.493 e. The van der Waals surface area contributed by atoms with Crippen LogP contribution in [0, 0.1) is 0 Å². The zero-order valence-electron chi connectivity index (χ0n) is 17.8. The molecular formula is C23H21ClN2O5S. The molecule has 166 valence electrons. The van der Waals surface area contributed by atoms with E-state index in [0.29, 0.717) is 43.4 Å². The van der Waals surface area contributed by atoms with Crippen LogP contribution >= 0.6 is 23.4 Å². The van der Waals surface area contributed by atoms with Gasteiger partial charge in [-0.2, -0.15) is 0 Å². The number of amidine groups is 1. The van der Waals surface area contributed by atoms with E-state index in [0.717, 1.165) is 0 Å². The first-order chi connectivity index (χ1) is 15.4. The highest BCUT2D eigenvalue weighted by atomic mass is 35.5. The lowest BCUT2D eigenvalue weighted by Gasteiger charge is -2.12. The van der Waals surface area contributed by atoms with Crippen molar-refractivity contribution < 1.29 is 23.8 Å². The number of rotatable bonds is 7. The number of hydrogen-bond acceptors (Lipinski definition) is 7. The highest BCUT2D eigenvalue weighted by Gasteiger charge is 2.30. The molecule has 0 bridgehead atoms. The number of carbonyl (C=O) groups is 2. The van der Waals surface area contributed by atoms with Crippen LogP contribution < -0.4 is 9.47 Å². The average molecular weight is 473 g/mol. The molecule has 0 unspecified atom stereocenters. The number of likely N-dealkylation sites (N-methyl/N-ethyl adjacent to an activating group) is 1. The first-order valence-corrected chi connectivity index (χ1v) is 10.6. The number of benzene rings is 2. The summed E-state index contributed by atoms with van der Waals surface area (Å²) in [5.41, 5.74) is 1.71. The number of nitrogens with zero attached hydrogens (tertiary/aromatic N) is 2. The molecule has 0 N–H and O–H groups in total. The van der Waals surface area contributed by atoms with Gasteiger partial charge in [0, 0.05) is 7.05 Å². The fraction of sp³-hybridized carbons (Fsp3) is 0.174. The van der Waals surface area contributed by atoms with Gasteiger partial charge in [-0.15, -0.1) is 0 Å². The van der Waals surface area contributed by atoms with Gasteiger partial charge in [0.15, 0.2) is 16.7 Å². The van der Waals surface area contributed by atoms with E-state index in [1.54, 1.807) is 55.6 Å². The highest BCUT2D eigenvalue weighted by Crippen LogP contribution is 2.39. The summed E-state index contributed by atoms with van der Waals surface area (Å²) in [5, 5.41) is 0.873. The van der Waals surface area contributed by atoms with Crippen LogP contribution in [-0.4, -0.2) is 49.8 Å². The smallest absolute Gasteiger partial charge is 0.337 e. The Bertz CT molecular complexity index is 1110. The van der Waals surface area contributed by atoms with Gasteiger partial charge >= 0.3 is 5.97 Å². The normalized spacial score (nSPS) is 15.9. The van der Waals surface area contributed by atoms with E-state index < -0.39 is 5.97 Å². The van der Waals surface area contributed by atoms with Crippen molar-refractivity contribution in [2.24, 2.45) is 4.99 Å². The second kappa shape index (κ2) is 10.4. The number of ether oxygens (including phenoxy) is 3. The number of amides is 1. The van der Waals surface area contributed by atoms with Gasteiger partial charge in [0.2, 0.25) is 0 Å². The Morgan fingerprint density at radius 2 is 1.97 bits per heavy atom. The van der Waals surface area contributed by atoms with Gasteiger partial charge in [-0.1, -0.05) is 24.3 Å². The molecule has 3 rings (SSSR count). The molecule has 0 aromatic heterocycles. The van der Waals surface area contributed by atoms with Gasteiger partial charge < -0.3 is 14.2 Å². The number of thioether (sulfide) groups is 1. The fourth-order valence-corrected chi connectivity index (χ4v) is 4.07. The Morgan fingerprint density at radius 1 is 1.25 bits per heavy atom. The molecule has 9 heteroatoms. The molecule has 0 aliphatic carbocycles. The van der Waals surface area contributed by atoms with E-state index >= 15 is 0 Å². The van der Waals surface area contributed by atoms with E-state index in [1.807, 2.05) is 0 Å². The predicted octanol–water partition coefficient (Wildman–Crippen LogP) is 4.93. The number of aliphatic imine (C=N–C) groups is 1. The van der Waals surface area contributed by atoms with Crippen LogP contribution in [0.4, 0.5) is 5.69 Å². The van der Waals surface area contributed by atoms with Crippen molar-refractivity contribution in [1.82, 2.24) is 4.90 Å². The Balaban J connectivity index is 1.86. The number of esters is 1. The molecule has 0 spiro atoms. The summed E-state index contributed by atoms with van der Waals surface area (Å²) in [6.45, 7) is 3.91. The Hall–Kier alpha value is -3.23. The van der Waals surface area contributed by atoms with E-state index in [9.17, 15) is 9.59 Å². The van der Waals surface area contributed by atoms with Crippen molar-refractivity contribution in [2.45, 2.75) is 0 Å². The minimum absolute atomic E-state index is 0.193. The van der Waals surface area contributed by atoms with E-state index in [2.05, 4.69) is 11.6 Å². The number of halogens is 1. The Labute approximate surface area is 195 Å². The fourth-order valence-electron chi connectivity index (χ4n) is 2.81. The largest absolute Gasteiger partial charge is 0.493 e. The third-order valence-electron chi connectivity index (χ3n) is 4.41. The van der Waals surface area contributed by atoms with Crippen LogP contribution in [0.1, 0.15) is 15.9 Å². The van der Waals surface area contributed by atoms with Gasteiger partial charge in [0.1, 0.15) is 6.61 Å². The van der Waals surface area contributed by atoms with Crippen molar-refractivity contribution in [1.29, 1.82) is 0 Å². The molecule has 7 nitrogen and oxygen atoms in total. The molecule has 1 aliphatic heterocycles. The number of methoxy groups -OCH3 is 2. The summed E-state index contributed by atoms with van der Waals surface area (Å²) in [6, 6.07) is 10.1. The molecule has 32 heavy (non-hydrogen) atoms. The Kier molecular flexibility index (Phi) is 7.61. The second-order valence-electron chi connectivity index (χ2n) is 6.54. The maximum absolute atomic E-state index is 12.7. The minimum atomic E-state index is -0.424. The summed E-state index contributed by atoms with van der Waals surface area (Å²) in [4.78, 5) is 30.8. The molecule has 1 heterocycles. The number of carbonyl (C=O) groups excluding carboxylic acids is 2. The highest BCUT2D eigenvalue weighted by molar-refractivity contribution is 8.18. The molecule has 0 radical (unpaired) electrons. The second-order valence-corrected chi connectivity index (χ2v) is 7.96. The van der Waals surface area contributed by atoms with Gasteiger partial charge in [0.05, 0.1) is 35.4 Å². The maximum Gasteiger partial charge on any atom is 0.337 e. The topological polar surface area (TPSA) is 77.4 Å². The zero-order valence-corrected chi connectivity index (χ0v) is 19.3. The quantitative estimate of drug-likeness (QED) is 0.323. The van der Waals surface area contributed by atoms with Crippen molar-refractivity contribution in [2.75, 3.05) is 27.9 Å². The van der Waals surface area contributed by atoms with Gasteiger partial charge in [-0.05, 0) is 59.8 Å². The third kappa shape index (κ3) is 5.15. The first kappa shape index (κ1) is 23.4. The van der Waals surface area contributed by atoms with Crippen LogP contribution in [0.5, 0.6) is 11.5 Å². The van der Waals surface area contributed by atoms with E-state index in [-0.39, 0.29) is 12.5 Å². The van der Waals surface area contributed by atoms with Crippen molar-refractivity contribution in [3.8, 4) is 11.5 Å². The molecule has 2 aromatic carbocycles. The third-order valence-corrected chi connectivity index (χ3v) is 5.75. The van der Waals surface area contributed by atoms with Gasteiger partial charge in [0.25, 0.3) is 5.91 Å². The molecule has 1 amide bonds. The summed E-state index contributed by atoms with van der Waals surface area (Å²) in [5.74, 6) is 0.250. The van der Waals surface area contributed by atoms with Gasteiger partial charge in [-0.25, -0.2) is 9.79 Å². The van der Waals surface area contributed by atoms with Crippen LogP contribution in [0.15, 0.2) is 59.0 Å². The molecular weight excluding hydrogens is 452 g/mol. The van der Waals surface area contributed by atoms with Crippen LogP contribution in [-0.2, 0) is 9.53 Å². The molecule has 1 aliphatic rings. The maximum atomic E-state index is 12.7. The molecule has 1 fully saturated rings. The standard InChI is InChI=1S/C23H21ClN2O5S/c1-5-10-31-20-17(24)11-14(12-18(20)29-3)13-19-21(27)26(2)23(32-19)25-16-8-6-15(7-9-16)22(28)30-4/h5-9,11-13H,1,10H2,2-4H3/b19-13-,25-23?. The summed E-state index contributed by atoms with van der Waals surface area (Å²) < 4.78 is 15.6. The summed E-state index contributed by atoms with van der Waals surface area (Å²) in [7, 11) is 4.49. The predicted molar refractivity (Wildman–Crippen MR) is 127 cm³/mol. The van der Waals surface area contributed by atoms with E-state index in [1.165, 1.54) is 30.9 Å². The van der Waals surface area contributed by atoms with Crippen molar-refractivity contribution in [3.05, 3.63) is 70.1 Å². The lowest BCUT2D eigenvalue weighted by molar-refractivity contribution is -0.121. The first-order valence-electron chi connectivity index (χ1n) is 9.43. The SMILES string of the molecule is C=CCOc1c(Cl)cc(/C=C2\SC(=Nc3ccc(C(=O)OC)cc3)N(C)C2=O)cc1OC. The van der Waals surface area contributed by atoms with Crippen LogP contribution in [0.25, 0.3) is 6.08 Å². The average Bonchev–Trinajstić information content (AvgIpc) is 3.05.